The first kappa shape index (κ1) is 12.1. The third-order valence-corrected chi connectivity index (χ3v) is 3.76. The average Bonchev–Trinajstić information content (AvgIpc) is 3.08. The van der Waals surface area contributed by atoms with E-state index in [1.54, 1.807) is 0 Å². The molecule has 5 heteroatoms. The lowest BCUT2D eigenvalue weighted by Crippen LogP contribution is -2.31. The smallest absolute Gasteiger partial charge is 0.223 e. The Kier molecular flexibility index (Phi) is 3.44. The maximum absolute atomic E-state index is 11.9. The van der Waals surface area contributed by atoms with Crippen LogP contribution in [0.3, 0.4) is 0 Å². The Hall–Kier alpha value is -1.91. The van der Waals surface area contributed by atoms with Crippen LogP contribution in [0, 0.1) is 5.92 Å². The Labute approximate surface area is 112 Å². The Balaban J connectivity index is 1.56. The van der Waals surface area contributed by atoms with Crippen LogP contribution in [0.15, 0.2) is 24.4 Å². The second-order valence-corrected chi connectivity index (χ2v) is 5.07. The predicted molar refractivity (Wildman–Crippen MR) is 71.7 cm³/mol. The van der Waals surface area contributed by atoms with E-state index in [-0.39, 0.29) is 11.8 Å². The zero-order valence-electron chi connectivity index (χ0n) is 10.9. The number of aromatic nitrogens is 3. The van der Waals surface area contributed by atoms with Crippen LogP contribution in [-0.4, -0.2) is 27.0 Å². The monoisotopic (exact) mass is 258 g/mol. The molecule has 1 saturated carbocycles. The number of pyridine rings is 1. The number of hydrogen-bond acceptors (Lipinski definition) is 3. The summed E-state index contributed by atoms with van der Waals surface area (Å²) in [7, 11) is 0. The van der Waals surface area contributed by atoms with Gasteiger partial charge in [-0.3, -0.25) is 9.20 Å². The van der Waals surface area contributed by atoms with Gasteiger partial charge in [0.15, 0.2) is 5.65 Å². The molecule has 0 bridgehead atoms. The second kappa shape index (κ2) is 5.38. The fourth-order valence-electron chi connectivity index (χ4n) is 2.69. The van der Waals surface area contributed by atoms with E-state index in [2.05, 4.69) is 15.5 Å². The molecule has 0 saturated heterocycles. The predicted octanol–water partition coefficient (Wildman–Crippen LogP) is 1.58. The maximum atomic E-state index is 11.9. The van der Waals surface area contributed by atoms with Gasteiger partial charge in [0.2, 0.25) is 5.91 Å². The first-order valence-electron chi connectivity index (χ1n) is 6.91. The highest BCUT2D eigenvalue weighted by atomic mass is 16.1. The van der Waals surface area contributed by atoms with Crippen molar-refractivity contribution in [3.63, 3.8) is 0 Å². The van der Waals surface area contributed by atoms with E-state index >= 15 is 0 Å². The Morgan fingerprint density at radius 2 is 2.16 bits per heavy atom. The summed E-state index contributed by atoms with van der Waals surface area (Å²) in [4.78, 5) is 11.9. The molecule has 1 aliphatic carbocycles. The van der Waals surface area contributed by atoms with Crippen LogP contribution in [0.4, 0.5) is 0 Å². The van der Waals surface area contributed by atoms with E-state index in [1.807, 2.05) is 28.8 Å². The summed E-state index contributed by atoms with van der Waals surface area (Å²) in [6.45, 7) is 0.630. The van der Waals surface area contributed by atoms with Crippen LogP contribution in [-0.2, 0) is 11.2 Å². The molecule has 0 atom stereocenters. The van der Waals surface area contributed by atoms with E-state index < -0.39 is 0 Å². The minimum absolute atomic E-state index is 0.200. The Bertz CT molecular complexity index is 572. The van der Waals surface area contributed by atoms with Crippen molar-refractivity contribution in [2.45, 2.75) is 32.1 Å². The van der Waals surface area contributed by atoms with E-state index in [1.165, 1.54) is 12.8 Å². The van der Waals surface area contributed by atoms with Crippen molar-refractivity contribution in [3.05, 3.63) is 30.2 Å². The molecule has 100 valence electrons. The molecule has 5 nitrogen and oxygen atoms in total. The quantitative estimate of drug-likeness (QED) is 0.905. The molecular weight excluding hydrogens is 240 g/mol. The van der Waals surface area contributed by atoms with Crippen LogP contribution in [0.5, 0.6) is 0 Å². The molecule has 2 heterocycles. The number of nitrogens with zero attached hydrogens (tertiary/aromatic N) is 3. The molecule has 1 fully saturated rings. The molecule has 3 rings (SSSR count). The SMILES string of the molecule is O=C(NCCc1nnc2ccccn12)C1CCCC1. The number of rotatable bonds is 4. The highest BCUT2D eigenvalue weighted by Gasteiger charge is 2.22. The van der Waals surface area contributed by atoms with Gasteiger partial charge in [-0.05, 0) is 25.0 Å². The normalized spacial score (nSPS) is 16.0. The van der Waals surface area contributed by atoms with Crippen molar-refractivity contribution >= 4 is 11.6 Å². The molecule has 1 aliphatic rings. The molecular formula is C14H18N4O. The van der Waals surface area contributed by atoms with Gasteiger partial charge < -0.3 is 5.32 Å². The number of carbonyl (C=O) groups excluding carboxylic acids is 1. The van der Waals surface area contributed by atoms with Crippen molar-refractivity contribution in [1.29, 1.82) is 0 Å². The van der Waals surface area contributed by atoms with Gasteiger partial charge in [0.1, 0.15) is 5.82 Å². The van der Waals surface area contributed by atoms with E-state index in [9.17, 15) is 4.79 Å². The molecule has 0 spiro atoms. The van der Waals surface area contributed by atoms with E-state index in [4.69, 9.17) is 0 Å². The summed E-state index contributed by atoms with van der Waals surface area (Å²) < 4.78 is 1.96. The minimum Gasteiger partial charge on any atom is -0.355 e. The van der Waals surface area contributed by atoms with Gasteiger partial charge in [0.05, 0.1) is 0 Å². The van der Waals surface area contributed by atoms with E-state index in [0.29, 0.717) is 13.0 Å². The fraction of sp³-hybridized carbons (Fsp3) is 0.500. The molecule has 19 heavy (non-hydrogen) atoms. The third kappa shape index (κ3) is 2.59. The summed E-state index contributed by atoms with van der Waals surface area (Å²) in [5.41, 5.74) is 0.847. The standard InChI is InChI=1S/C14H18N4O/c19-14(11-5-1-2-6-11)15-9-8-13-17-16-12-7-3-4-10-18(12)13/h3-4,7,10-11H,1-2,5-6,8-9H2,(H,15,19). The molecule has 0 unspecified atom stereocenters. The Morgan fingerprint density at radius 1 is 1.32 bits per heavy atom. The van der Waals surface area contributed by atoms with Gasteiger partial charge in [-0.2, -0.15) is 0 Å². The van der Waals surface area contributed by atoms with Crippen molar-refractivity contribution in [2.24, 2.45) is 5.92 Å². The summed E-state index contributed by atoms with van der Waals surface area (Å²) in [5.74, 6) is 1.32. The fourth-order valence-corrected chi connectivity index (χ4v) is 2.69. The highest BCUT2D eigenvalue weighted by Crippen LogP contribution is 2.24. The lowest BCUT2D eigenvalue weighted by Gasteiger charge is -2.09. The average molecular weight is 258 g/mol. The highest BCUT2D eigenvalue weighted by molar-refractivity contribution is 5.78. The van der Waals surface area contributed by atoms with Crippen molar-refractivity contribution < 1.29 is 4.79 Å². The molecule has 0 radical (unpaired) electrons. The number of fused-ring (bicyclic) bond motifs is 1. The first-order chi connectivity index (χ1) is 9.34. The largest absolute Gasteiger partial charge is 0.355 e. The van der Waals surface area contributed by atoms with Gasteiger partial charge in [-0.25, -0.2) is 0 Å². The lowest BCUT2D eigenvalue weighted by atomic mass is 10.1. The van der Waals surface area contributed by atoms with Crippen LogP contribution in [0.25, 0.3) is 5.65 Å². The number of nitrogens with one attached hydrogen (secondary N) is 1. The van der Waals surface area contributed by atoms with Gasteiger partial charge in [0.25, 0.3) is 0 Å². The van der Waals surface area contributed by atoms with Crippen molar-refractivity contribution in [3.8, 4) is 0 Å². The van der Waals surface area contributed by atoms with Gasteiger partial charge in [0, 0.05) is 25.1 Å². The summed E-state index contributed by atoms with van der Waals surface area (Å²) in [5, 5.41) is 11.3. The Morgan fingerprint density at radius 3 is 3.00 bits per heavy atom. The maximum Gasteiger partial charge on any atom is 0.223 e. The van der Waals surface area contributed by atoms with Crippen molar-refractivity contribution in [2.75, 3.05) is 6.54 Å². The van der Waals surface area contributed by atoms with Crippen LogP contribution >= 0.6 is 0 Å². The number of amides is 1. The zero-order valence-corrected chi connectivity index (χ0v) is 10.9. The van der Waals surface area contributed by atoms with Gasteiger partial charge in [-0.1, -0.05) is 18.9 Å². The molecule has 2 aromatic heterocycles. The molecule has 0 aliphatic heterocycles. The topological polar surface area (TPSA) is 59.3 Å². The summed E-state index contributed by atoms with van der Waals surface area (Å²) >= 11 is 0. The number of hydrogen-bond donors (Lipinski definition) is 1. The minimum atomic E-state index is 0.200. The van der Waals surface area contributed by atoms with Crippen LogP contribution in [0.1, 0.15) is 31.5 Å². The molecule has 1 amide bonds. The summed E-state index contributed by atoms with van der Waals surface area (Å²) in [6.07, 6.45) is 7.12. The molecule has 2 aromatic rings. The van der Waals surface area contributed by atoms with Crippen LogP contribution in [0.2, 0.25) is 0 Å². The zero-order chi connectivity index (χ0) is 13.1. The van der Waals surface area contributed by atoms with Crippen LogP contribution < -0.4 is 5.32 Å². The summed E-state index contributed by atoms with van der Waals surface area (Å²) in [6, 6.07) is 5.82. The first-order valence-corrected chi connectivity index (χ1v) is 6.91. The van der Waals surface area contributed by atoms with E-state index in [0.717, 1.165) is 24.3 Å². The van der Waals surface area contributed by atoms with Gasteiger partial charge >= 0.3 is 0 Å². The van der Waals surface area contributed by atoms with Crippen molar-refractivity contribution in [1.82, 2.24) is 19.9 Å². The second-order valence-electron chi connectivity index (χ2n) is 5.07. The molecule has 0 aromatic carbocycles. The number of carbonyl (C=O) groups is 1. The molecule has 1 N–H and O–H groups in total. The lowest BCUT2D eigenvalue weighted by molar-refractivity contribution is -0.124. The third-order valence-electron chi connectivity index (χ3n) is 3.76. The van der Waals surface area contributed by atoms with Gasteiger partial charge in [-0.15, -0.1) is 10.2 Å².